The van der Waals surface area contributed by atoms with Gasteiger partial charge in [-0.25, -0.2) is 0 Å². The van der Waals surface area contributed by atoms with Crippen molar-refractivity contribution >= 4 is 10.8 Å². The molecule has 144 valence electrons. The fourth-order valence-electron chi connectivity index (χ4n) is 4.36. The molecule has 0 fully saturated rings. The molecule has 0 heterocycles. The predicted octanol–water partition coefficient (Wildman–Crippen LogP) is 7.02. The van der Waals surface area contributed by atoms with Gasteiger partial charge >= 0.3 is 0 Å². The molecular formula is C27H30O. The number of rotatable bonds is 6. The molecule has 1 atom stereocenters. The van der Waals surface area contributed by atoms with E-state index in [-0.39, 0.29) is 0 Å². The van der Waals surface area contributed by atoms with Gasteiger partial charge in [-0.3, -0.25) is 0 Å². The summed E-state index contributed by atoms with van der Waals surface area (Å²) in [5.41, 5.74) is 5.86. The van der Waals surface area contributed by atoms with E-state index in [9.17, 15) is 0 Å². The molecule has 0 radical (unpaired) electrons. The van der Waals surface area contributed by atoms with E-state index < -0.39 is 0 Å². The van der Waals surface area contributed by atoms with Crippen LogP contribution in [0.4, 0.5) is 0 Å². The summed E-state index contributed by atoms with van der Waals surface area (Å²) in [4.78, 5) is 0. The standard InChI is InChI=1S/C27H30O/c1-3-5-15-28-27-14-13-25-18-24(11-12-26(25)19-27)23-10-9-21-16-20(6-4-2)7-8-22(21)17-23/h3,5,7-10,13-14,16-17,19,24H,4,6,11-12,15,18H2,1-2H3. The molecule has 1 heteroatoms. The topological polar surface area (TPSA) is 9.23 Å². The summed E-state index contributed by atoms with van der Waals surface area (Å²) in [7, 11) is 0. The summed E-state index contributed by atoms with van der Waals surface area (Å²) in [6.07, 6.45) is 9.91. The number of hydrogen-bond acceptors (Lipinski definition) is 1. The highest BCUT2D eigenvalue weighted by atomic mass is 16.5. The van der Waals surface area contributed by atoms with Crippen molar-refractivity contribution in [3.63, 3.8) is 0 Å². The van der Waals surface area contributed by atoms with E-state index in [1.54, 1.807) is 0 Å². The van der Waals surface area contributed by atoms with Crippen molar-refractivity contribution in [3.8, 4) is 5.75 Å². The molecule has 0 bridgehead atoms. The van der Waals surface area contributed by atoms with Gasteiger partial charge in [-0.1, -0.05) is 68.0 Å². The summed E-state index contributed by atoms with van der Waals surface area (Å²) in [6.45, 7) is 4.91. The van der Waals surface area contributed by atoms with Crippen LogP contribution in [-0.2, 0) is 19.3 Å². The van der Waals surface area contributed by atoms with E-state index in [2.05, 4.69) is 61.5 Å². The predicted molar refractivity (Wildman–Crippen MR) is 119 cm³/mol. The lowest BCUT2D eigenvalue weighted by atomic mass is 9.79. The normalized spacial score (nSPS) is 16.4. The molecule has 3 aromatic rings. The van der Waals surface area contributed by atoms with Crippen LogP contribution < -0.4 is 4.74 Å². The van der Waals surface area contributed by atoms with Gasteiger partial charge in [0, 0.05) is 0 Å². The fraction of sp³-hybridized carbons (Fsp3) is 0.333. The molecule has 3 aromatic carbocycles. The number of benzene rings is 3. The van der Waals surface area contributed by atoms with E-state index in [1.165, 1.54) is 45.9 Å². The van der Waals surface area contributed by atoms with Crippen molar-refractivity contribution < 1.29 is 4.74 Å². The minimum Gasteiger partial charge on any atom is -0.490 e. The average Bonchev–Trinajstić information content (AvgIpc) is 2.73. The lowest BCUT2D eigenvalue weighted by Crippen LogP contribution is -2.13. The second kappa shape index (κ2) is 8.65. The number of aryl methyl sites for hydroxylation is 2. The van der Waals surface area contributed by atoms with Crippen molar-refractivity contribution in [2.45, 2.75) is 51.9 Å². The summed E-state index contributed by atoms with van der Waals surface area (Å²) < 4.78 is 5.81. The Morgan fingerprint density at radius 2 is 1.82 bits per heavy atom. The second-order valence-corrected chi connectivity index (χ2v) is 7.94. The fourth-order valence-corrected chi connectivity index (χ4v) is 4.36. The second-order valence-electron chi connectivity index (χ2n) is 7.94. The molecule has 0 saturated carbocycles. The third-order valence-electron chi connectivity index (χ3n) is 5.93. The first-order valence-corrected chi connectivity index (χ1v) is 10.6. The van der Waals surface area contributed by atoms with Crippen LogP contribution in [0.15, 0.2) is 66.7 Å². The first-order chi connectivity index (χ1) is 13.8. The highest BCUT2D eigenvalue weighted by Gasteiger charge is 2.21. The zero-order chi connectivity index (χ0) is 19.3. The molecule has 28 heavy (non-hydrogen) atoms. The zero-order valence-corrected chi connectivity index (χ0v) is 17.1. The van der Waals surface area contributed by atoms with E-state index in [4.69, 9.17) is 4.74 Å². The van der Waals surface area contributed by atoms with Gasteiger partial charge in [0.25, 0.3) is 0 Å². The lowest BCUT2D eigenvalue weighted by Gasteiger charge is -2.26. The summed E-state index contributed by atoms with van der Waals surface area (Å²) >= 11 is 0. The molecule has 0 saturated heterocycles. The third kappa shape index (κ3) is 4.14. The Hall–Kier alpha value is -2.54. The van der Waals surface area contributed by atoms with Crippen LogP contribution in [0.3, 0.4) is 0 Å². The van der Waals surface area contributed by atoms with E-state index in [0.717, 1.165) is 25.0 Å². The van der Waals surface area contributed by atoms with Gasteiger partial charge in [-0.2, -0.15) is 0 Å². The number of allylic oxidation sites excluding steroid dienone is 1. The Morgan fingerprint density at radius 3 is 2.68 bits per heavy atom. The van der Waals surface area contributed by atoms with Crippen molar-refractivity contribution in [2.75, 3.05) is 6.61 Å². The minimum atomic E-state index is 0.613. The molecule has 1 unspecified atom stereocenters. The van der Waals surface area contributed by atoms with Crippen LogP contribution in [0.2, 0.25) is 0 Å². The maximum Gasteiger partial charge on any atom is 0.120 e. The molecule has 1 aliphatic rings. The Kier molecular flexibility index (Phi) is 5.81. The molecule has 1 aliphatic carbocycles. The number of ether oxygens (including phenoxy) is 1. The Labute approximate surface area is 169 Å². The maximum atomic E-state index is 5.81. The Balaban J connectivity index is 1.51. The van der Waals surface area contributed by atoms with Gasteiger partial charge in [-0.05, 0) is 83.7 Å². The Morgan fingerprint density at radius 1 is 0.964 bits per heavy atom. The SMILES string of the molecule is CC=CCOc1ccc2c(c1)CCC(c1ccc3cc(CCC)ccc3c1)C2. The summed E-state index contributed by atoms with van der Waals surface area (Å²) in [6, 6.07) is 20.7. The highest BCUT2D eigenvalue weighted by Crippen LogP contribution is 2.35. The van der Waals surface area contributed by atoms with Gasteiger partial charge in [0.15, 0.2) is 0 Å². The lowest BCUT2D eigenvalue weighted by molar-refractivity contribution is 0.361. The summed E-state index contributed by atoms with van der Waals surface area (Å²) in [5.74, 6) is 1.60. The van der Waals surface area contributed by atoms with Crippen molar-refractivity contribution in [1.82, 2.24) is 0 Å². The number of fused-ring (bicyclic) bond motifs is 2. The van der Waals surface area contributed by atoms with Gasteiger partial charge < -0.3 is 4.74 Å². The molecule has 0 amide bonds. The highest BCUT2D eigenvalue weighted by molar-refractivity contribution is 5.84. The molecular weight excluding hydrogens is 340 g/mol. The zero-order valence-electron chi connectivity index (χ0n) is 17.1. The van der Waals surface area contributed by atoms with Crippen molar-refractivity contribution in [3.05, 3.63) is 89.0 Å². The monoisotopic (exact) mass is 370 g/mol. The van der Waals surface area contributed by atoms with Crippen LogP contribution in [-0.4, -0.2) is 6.61 Å². The van der Waals surface area contributed by atoms with Gasteiger partial charge in [0.05, 0.1) is 0 Å². The third-order valence-corrected chi connectivity index (χ3v) is 5.93. The largest absolute Gasteiger partial charge is 0.490 e. The molecule has 0 N–H and O–H groups in total. The molecule has 4 rings (SSSR count). The quantitative estimate of drug-likeness (QED) is 0.424. The smallest absolute Gasteiger partial charge is 0.120 e. The van der Waals surface area contributed by atoms with Gasteiger partial charge in [0.1, 0.15) is 12.4 Å². The Bertz CT molecular complexity index is 983. The van der Waals surface area contributed by atoms with Crippen LogP contribution in [0.25, 0.3) is 10.8 Å². The van der Waals surface area contributed by atoms with E-state index >= 15 is 0 Å². The molecule has 0 aliphatic heterocycles. The first-order valence-electron chi connectivity index (χ1n) is 10.6. The van der Waals surface area contributed by atoms with Crippen LogP contribution in [0, 0.1) is 0 Å². The van der Waals surface area contributed by atoms with E-state index in [1.807, 2.05) is 19.1 Å². The van der Waals surface area contributed by atoms with Crippen molar-refractivity contribution in [1.29, 1.82) is 0 Å². The van der Waals surface area contributed by atoms with Crippen LogP contribution in [0.5, 0.6) is 5.75 Å². The van der Waals surface area contributed by atoms with Crippen LogP contribution in [0.1, 0.15) is 54.9 Å². The average molecular weight is 371 g/mol. The van der Waals surface area contributed by atoms with Gasteiger partial charge in [-0.15, -0.1) is 0 Å². The summed E-state index contributed by atoms with van der Waals surface area (Å²) in [5, 5.41) is 2.74. The minimum absolute atomic E-state index is 0.613. The van der Waals surface area contributed by atoms with Crippen molar-refractivity contribution in [2.24, 2.45) is 0 Å². The molecule has 0 spiro atoms. The van der Waals surface area contributed by atoms with Gasteiger partial charge in [0.2, 0.25) is 0 Å². The van der Waals surface area contributed by atoms with Crippen LogP contribution >= 0.6 is 0 Å². The number of hydrogen-bond donors (Lipinski definition) is 0. The maximum absolute atomic E-state index is 5.81. The molecule has 1 nitrogen and oxygen atoms in total. The first kappa shape index (κ1) is 18.8. The molecule has 0 aromatic heterocycles. The van der Waals surface area contributed by atoms with E-state index in [0.29, 0.717) is 12.5 Å².